The number of phenols is 1. The van der Waals surface area contributed by atoms with E-state index in [0.717, 1.165) is 11.1 Å². The molecule has 2 N–H and O–H groups in total. The fourth-order valence-corrected chi connectivity index (χ4v) is 10.1. The molecule has 2 aromatic rings. The zero-order valence-corrected chi connectivity index (χ0v) is 29.1. The van der Waals surface area contributed by atoms with Crippen molar-refractivity contribution < 1.29 is 43.2 Å². The van der Waals surface area contributed by atoms with E-state index in [1.807, 2.05) is 33.9 Å². The Balaban J connectivity index is 1.51. The van der Waals surface area contributed by atoms with E-state index in [4.69, 9.17) is 23.7 Å². The minimum atomic E-state index is -0.941. The molecular weight excluding hydrogens is 652 g/mol. The monoisotopic (exact) mass is 692 g/mol. The van der Waals surface area contributed by atoms with Gasteiger partial charge in [0.2, 0.25) is 12.7 Å². The second-order valence-corrected chi connectivity index (χ2v) is 14.4. The van der Waals surface area contributed by atoms with Crippen molar-refractivity contribution in [2.45, 2.75) is 88.5 Å². The number of piperazine rings is 1. The molecule has 6 aliphatic heterocycles. The first-order chi connectivity index (χ1) is 23.5. The number of hydrogen-bond donors (Lipinski definition) is 2. The summed E-state index contributed by atoms with van der Waals surface area (Å²) in [7, 11) is 3.49. The maximum atomic E-state index is 13.6. The second-order valence-electron chi connectivity index (χ2n) is 13.3. The molecule has 2 saturated heterocycles. The van der Waals surface area contributed by atoms with Gasteiger partial charge in [0.15, 0.2) is 23.0 Å². The predicted molar refractivity (Wildman–Crippen MR) is 177 cm³/mol. The van der Waals surface area contributed by atoms with Crippen LogP contribution in [0.15, 0.2) is 6.07 Å². The summed E-state index contributed by atoms with van der Waals surface area (Å²) >= 11 is 1.41. The highest BCUT2D eigenvalue weighted by Gasteiger charge is 2.60. The molecule has 1 amide bonds. The molecule has 0 aliphatic carbocycles. The van der Waals surface area contributed by atoms with Crippen molar-refractivity contribution in [2.75, 3.05) is 33.3 Å². The molecular formula is C35H40N4O9S. The molecule has 14 heteroatoms. The van der Waals surface area contributed by atoms with Gasteiger partial charge in [-0.05, 0) is 44.9 Å². The molecule has 2 fully saturated rings. The molecule has 13 nitrogen and oxygen atoms in total. The van der Waals surface area contributed by atoms with E-state index in [-0.39, 0.29) is 43.3 Å². The molecule has 0 aromatic heterocycles. The summed E-state index contributed by atoms with van der Waals surface area (Å²) in [5.41, 5.74) is 4.33. The lowest BCUT2D eigenvalue weighted by atomic mass is 9.71. The van der Waals surface area contributed by atoms with Crippen LogP contribution in [-0.2, 0) is 25.5 Å². The van der Waals surface area contributed by atoms with Gasteiger partial charge < -0.3 is 34.1 Å². The van der Waals surface area contributed by atoms with Crippen LogP contribution >= 0.6 is 11.8 Å². The Hall–Kier alpha value is -4.19. The van der Waals surface area contributed by atoms with Crippen LogP contribution in [0.25, 0.3) is 0 Å². The molecule has 0 spiro atoms. The average molecular weight is 693 g/mol. The van der Waals surface area contributed by atoms with E-state index in [2.05, 4.69) is 21.2 Å². The van der Waals surface area contributed by atoms with Gasteiger partial charge in [-0.25, -0.2) is 4.79 Å². The predicted octanol–water partition coefficient (Wildman–Crippen LogP) is 3.52. The first-order valence-electron chi connectivity index (χ1n) is 16.5. The van der Waals surface area contributed by atoms with Crippen molar-refractivity contribution in [3.05, 3.63) is 39.4 Å². The Morgan fingerprint density at radius 3 is 2.61 bits per heavy atom. The molecule has 1 unspecified atom stereocenters. The third-order valence-electron chi connectivity index (χ3n) is 10.5. The summed E-state index contributed by atoms with van der Waals surface area (Å²) in [5, 5.41) is 25.1. The summed E-state index contributed by atoms with van der Waals surface area (Å²) in [6.07, 6.45) is 1.37. The third kappa shape index (κ3) is 5.08. The number of nitriles is 1. The van der Waals surface area contributed by atoms with Gasteiger partial charge in [-0.1, -0.05) is 13.0 Å². The first-order valence-corrected chi connectivity index (χ1v) is 17.6. The highest BCUT2D eigenvalue weighted by Crippen LogP contribution is 2.64. The van der Waals surface area contributed by atoms with Crippen molar-refractivity contribution in [1.82, 2.24) is 15.1 Å². The largest absolute Gasteiger partial charge is 0.504 e. The number of thioether (sulfide) groups is 1. The zero-order valence-electron chi connectivity index (χ0n) is 28.3. The van der Waals surface area contributed by atoms with E-state index in [1.54, 1.807) is 0 Å². The molecule has 260 valence electrons. The standard InChI is InChI=1S/C35H40N4O9S/c1-7-8-23(41)37-19-13-49-34-26-25(33-32(46-14-47-33)16(3)31(26)48-17(4)40)22(12-45-35(19)43)39-21(11-36)20-10-18-9-15(2)30(44-6)29(42)24(18)27(28(34)39)38(20)5/h9,19-22,27-28,34,42H,7-8,10,12-14H2,1-6H3,(H,37,41)/t19-,20-,21-,22+,27+,28?,34+/m0/s1. The summed E-state index contributed by atoms with van der Waals surface area (Å²) in [4.78, 5) is 43.4. The molecule has 8 rings (SSSR count). The summed E-state index contributed by atoms with van der Waals surface area (Å²) in [5.74, 6) is 0.420. The maximum absolute atomic E-state index is 13.6. The van der Waals surface area contributed by atoms with E-state index < -0.39 is 47.4 Å². The Bertz CT molecular complexity index is 1790. The van der Waals surface area contributed by atoms with Crippen LogP contribution in [0.4, 0.5) is 0 Å². The van der Waals surface area contributed by atoms with Crippen LogP contribution in [0, 0.1) is 25.2 Å². The number of methoxy groups -OCH3 is 1. The quantitative estimate of drug-likeness (QED) is 0.347. The lowest BCUT2D eigenvalue weighted by Gasteiger charge is -2.61. The Morgan fingerprint density at radius 2 is 1.92 bits per heavy atom. The van der Waals surface area contributed by atoms with Crippen LogP contribution in [0.2, 0.25) is 0 Å². The van der Waals surface area contributed by atoms with E-state index in [1.165, 1.54) is 25.8 Å². The van der Waals surface area contributed by atoms with Gasteiger partial charge in [-0.3, -0.25) is 19.4 Å². The van der Waals surface area contributed by atoms with Crippen molar-refractivity contribution in [2.24, 2.45) is 0 Å². The minimum Gasteiger partial charge on any atom is -0.504 e. The van der Waals surface area contributed by atoms with E-state index in [0.29, 0.717) is 58.1 Å². The van der Waals surface area contributed by atoms with Gasteiger partial charge in [0.1, 0.15) is 24.4 Å². The number of phenolic OH excluding ortho intramolecular Hbond substituents is 1. The number of aryl methyl sites for hydroxylation is 1. The van der Waals surface area contributed by atoms with Crippen molar-refractivity contribution in [3.8, 4) is 34.8 Å². The van der Waals surface area contributed by atoms with Crippen LogP contribution < -0.4 is 24.3 Å². The fraction of sp³-hybridized carbons (Fsp3) is 0.543. The van der Waals surface area contributed by atoms with Crippen molar-refractivity contribution in [1.29, 1.82) is 5.26 Å². The number of nitrogens with zero attached hydrogens (tertiary/aromatic N) is 3. The van der Waals surface area contributed by atoms with Gasteiger partial charge >= 0.3 is 11.9 Å². The second kappa shape index (κ2) is 12.6. The molecule has 2 aromatic carbocycles. The molecule has 7 atom stereocenters. The normalized spacial score (nSPS) is 28.3. The highest BCUT2D eigenvalue weighted by atomic mass is 32.2. The van der Waals surface area contributed by atoms with Crippen LogP contribution in [0.1, 0.15) is 77.4 Å². The number of benzene rings is 2. The Morgan fingerprint density at radius 1 is 1.16 bits per heavy atom. The van der Waals surface area contributed by atoms with E-state index in [9.17, 15) is 24.8 Å². The summed E-state index contributed by atoms with van der Waals surface area (Å²) in [6, 6.07) is 1.04. The number of carbonyl (C=O) groups excluding carboxylic acids is 3. The summed E-state index contributed by atoms with van der Waals surface area (Å²) < 4.78 is 29.8. The number of fused-ring (bicyclic) bond motifs is 10. The average Bonchev–Trinajstić information content (AvgIpc) is 3.54. The zero-order chi connectivity index (χ0) is 34.9. The lowest BCUT2D eigenvalue weighted by Crippen LogP contribution is -2.69. The SMILES string of the molecule is CCCC(=O)N[C@H]1CS[C@@H]2c3c(OC(C)=O)c(C)c4c(c3[C@@H](COC1=O)N1C2[C@H]2c3c(cc(C)c(OC)c3O)C[C@@H]([C@@H]1C#N)N2C)OCO4. The number of carbonyl (C=O) groups is 3. The number of rotatable bonds is 5. The molecule has 0 saturated carbocycles. The van der Waals surface area contributed by atoms with Gasteiger partial charge in [0.05, 0.1) is 30.5 Å². The third-order valence-corrected chi connectivity index (χ3v) is 11.9. The van der Waals surface area contributed by atoms with Crippen molar-refractivity contribution >= 4 is 29.6 Å². The number of likely N-dealkylation sites (N-methyl/N-ethyl adjacent to an activating group) is 1. The van der Waals surface area contributed by atoms with Crippen LogP contribution in [-0.4, -0.2) is 90.2 Å². The van der Waals surface area contributed by atoms with E-state index >= 15 is 0 Å². The number of ether oxygens (including phenoxy) is 5. The van der Waals surface area contributed by atoms with Gasteiger partial charge in [0, 0.05) is 53.4 Å². The molecule has 4 bridgehead atoms. The van der Waals surface area contributed by atoms with Gasteiger partial charge in [-0.15, -0.1) is 11.8 Å². The number of amides is 1. The first kappa shape index (κ1) is 33.3. The molecule has 6 heterocycles. The minimum absolute atomic E-state index is 0.0413. The molecule has 0 radical (unpaired) electrons. The maximum Gasteiger partial charge on any atom is 0.329 e. The number of aromatic hydroxyl groups is 1. The molecule has 6 aliphatic rings. The number of esters is 2. The molecule has 49 heavy (non-hydrogen) atoms. The van der Waals surface area contributed by atoms with Crippen molar-refractivity contribution in [3.63, 3.8) is 0 Å². The van der Waals surface area contributed by atoms with Crippen LogP contribution in [0.3, 0.4) is 0 Å². The smallest absolute Gasteiger partial charge is 0.329 e. The lowest BCUT2D eigenvalue weighted by molar-refractivity contribution is -0.152. The number of hydrogen-bond acceptors (Lipinski definition) is 13. The van der Waals surface area contributed by atoms with Crippen LogP contribution in [0.5, 0.6) is 28.7 Å². The Kier molecular flexibility index (Phi) is 8.57. The Labute approximate surface area is 288 Å². The fourth-order valence-electron chi connectivity index (χ4n) is 8.56. The van der Waals surface area contributed by atoms with Gasteiger partial charge in [-0.2, -0.15) is 5.26 Å². The highest BCUT2D eigenvalue weighted by molar-refractivity contribution is 7.99. The summed E-state index contributed by atoms with van der Waals surface area (Å²) in [6.45, 7) is 6.70. The topological polar surface area (TPSA) is 160 Å². The number of nitrogens with one attached hydrogen (secondary N) is 1. The van der Waals surface area contributed by atoms with Gasteiger partial charge in [0.25, 0.3) is 0 Å².